The Morgan fingerprint density at radius 2 is 2.00 bits per heavy atom. The number of rotatable bonds is 6. The molecule has 0 aliphatic carbocycles. The van der Waals surface area contributed by atoms with Gasteiger partial charge in [-0.2, -0.15) is 0 Å². The summed E-state index contributed by atoms with van der Waals surface area (Å²) >= 11 is 0. The van der Waals surface area contributed by atoms with Gasteiger partial charge in [0.1, 0.15) is 5.82 Å². The maximum atomic E-state index is 11.8. The number of benzene rings is 1. The van der Waals surface area contributed by atoms with Crippen molar-refractivity contribution in [1.29, 1.82) is 0 Å². The van der Waals surface area contributed by atoms with Gasteiger partial charge in [-0.3, -0.25) is 4.40 Å². The van der Waals surface area contributed by atoms with Crippen molar-refractivity contribution in [1.82, 2.24) is 24.5 Å². The van der Waals surface area contributed by atoms with Gasteiger partial charge in [-0.1, -0.05) is 25.5 Å². The normalized spacial score (nSPS) is 13.0. The third-order valence-electron chi connectivity index (χ3n) is 4.81. The first-order valence-electron chi connectivity index (χ1n) is 9.60. The summed E-state index contributed by atoms with van der Waals surface area (Å²) in [6, 6.07) is 7.76. The van der Waals surface area contributed by atoms with Crippen LogP contribution in [0.3, 0.4) is 0 Å². The van der Waals surface area contributed by atoms with Crippen molar-refractivity contribution >= 4 is 28.6 Å². The molecule has 28 heavy (non-hydrogen) atoms. The molecule has 0 radical (unpaired) electrons. The van der Waals surface area contributed by atoms with Crippen LogP contribution in [0.1, 0.15) is 46.4 Å². The molecule has 150 valence electrons. The number of carbonyl (C=O) groups is 1. The maximum absolute atomic E-state index is 11.8. The lowest BCUT2D eigenvalue weighted by molar-refractivity contribution is 0.0967. The van der Waals surface area contributed by atoms with Gasteiger partial charge in [-0.15, -0.1) is 10.2 Å². The van der Waals surface area contributed by atoms with Crippen molar-refractivity contribution in [2.24, 2.45) is 0 Å². The second kappa shape index (κ2) is 7.61. The second-order valence-corrected chi connectivity index (χ2v) is 8.05. The van der Waals surface area contributed by atoms with Gasteiger partial charge in [-0.05, 0) is 46.2 Å². The highest BCUT2D eigenvalue weighted by atomic mass is 16.4. The first-order valence-corrected chi connectivity index (χ1v) is 9.60. The van der Waals surface area contributed by atoms with E-state index in [1.807, 2.05) is 56.4 Å². The molecule has 1 atom stereocenters. The van der Waals surface area contributed by atoms with Crippen molar-refractivity contribution in [3.05, 3.63) is 30.1 Å². The minimum atomic E-state index is -0.926. The van der Waals surface area contributed by atoms with Crippen LogP contribution in [-0.2, 0) is 0 Å². The molecule has 2 aromatic heterocycles. The fourth-order valence-corrected chi connectivity index (χ4v) is 3.43. The van der Waals surface area contributed by atoms with E-state index in [2.05, 4.69) is 22.4 Å². The molecule has 1 unspecified atom stereocenters. The smallest absolute Gasteiger partial charge is 0.407 e. The molecule has 3 rings (SSSR count). The molecule has 2 heterocycles. The zero-order valence-electron chi connectivity index (χ0n) is 17.1. The molecule has 1 amide bonds. The maximum Gasteiger partial charge on any atom is 0.407 e. The first kappa shape index (κ1) is 19.9. The SMILES string of the molecule is CCCC(CN(C(=O)O)C(C)(C)C)Nc1nc2ccccc2n2c(C)nnc12. The van der Waals surface area contributed by atoms with Crippen LogP contribution in [0.4, 0.5) is 10.6 Å². The monoisotopic (exact) mass is 384 g/mol. The number of hydrogen-bond donors (Lipinski definition) is 2. The Labute approximate surface area is 164 Å². The van der Waals surface area contributed by atoms with E-state index in [0.29, 0.717) is 18.0 Å². The molecule has 0 spiro atoms. The Balaban J connectivity index is 2.01. The number of hydrogen-bond acceptors (Lipinski definition) is 5. The van der Waals surface area contributed by atoms with Crippen molar-refractivity contribution in [3.63, 3.8) is 0 Å². The number of aromatic nitrogens is 4. The minimum Gasteiger partial charge on any atom is -0.465 e. The third kappa shape index (κ3) is 3.85. The number of nitrogens with one attached hydrogen (secondary N) is 1. The quantitative estimate of drug-likeness (QED) is 0.668. The van der Waals surface area contributed by atoms with E-state index in [-0.39, 0.29) is 6.04 Å². The lowest BCUT2D eigenvalue weighted by atomic mass is 10.0. The van der Waals surface area contributed by atoms with Gasteiger partial charge in [0.15, 0.2) is 5.82 Å². The molecule has 0 fully saturated rings. The summed E-state index contributed by atoms with van der Waals surface area (Å²) in [6.45, 7) is 10.1. The van der Waals surface area contributed by atoms with E-state index < -0.39 is 11.6 Å². The largest absolute Gasteiger partial charge is 0.465 e. The molecule has 0 aliphatic rings. The molecular formula is C20H28N6O2. The van der Waals surface area contributed by atoms with Gasteiger partial charge in [0.25, 0.3) is 0 Å². The fourth-order valence-electron chi connectivity index (χ4n) is 3.43. The number of anilines is 1. The van der Waals surface area contributed by atoms with Gasteiger partial charge in [0.2, 0.25) is 5.65 Å². The topological polar surface area (TPSA) is 95.7 Å². The van der Waals surface area contributed by atoms with Crippen LogP contribution in [0.5, 0.6) is 0 Å². The van der Waals surface area contributed by atoms with Gasteiger partial charge in [-0.25, -0.2) is 9.78 Å². The number of nitrogens with zero attached hydrogens (tertiary/aromatic N) is 5. The summed E-state index contributed by atoms with van der Waals surface area (Å²) in [5, 5.41) is 21.6. The van der Waals surface area contributed by atoms with Crippen LogP contribution < -0.4 is 5.32 Å². The van der Waals surface area contributed by atoms with E-state index in [9.17, 15) is 9.90 Å². The first-order chi connectivity index (χ1) is 13.2. The Morgan fingerprint density at radius 1 is 1.29 bits per heavy atom. The molecule has 8 nitrogen and oxygen atoms in total. The predicted molar refractivity (Wildman–Crippen MR) is 110 cm³/mol. The van der Waals surface area contributed by atoms with Gasteiger partial charge in [0, 0.05) is 18.1 Å². The summed E-state index contributed by atoms with van der Waals surface area (Å²) in [6.07, 6.45) is 0.809. The van der Waals surface area contributed by atoms with Gasteiger partial charge in [0.05, 0.1) is 11.0 Å². The summed E-state index contributed by atoms with van der Waals surface area (Å²) < 4.78 is 1.98. The average Bonchev–Trinajstić information content (AvgIpc) is 3.01. The third-order valence-corrected chi connectivity index (χ3v) is 4.81. The Kier molecular flexibility index (Phi) is 5.40. The van der Waals surface area contributed by atoms with E-state index in [4.69, 9.17) is 4.98 Å². The standard InChI is InChI=1S/C20H28N6O2/c1-6-9-14(12-25(19(27)28)20(3,4)5)21-17-18-24-23-13(2)26(18)16-11-8-7-10-15(16)22-17/h7-8,10-11,14H,6,9,12H2,1-5H3,(H,21,22)(H,27,28). The lowest BCUT2D eigenvalue weighted by Crippen LogP contribution is -2.50. The van der Waals surface area contributed by atoms with Gasteiger partial charge >= 0.3 is 6.09 Å². The highest BCUT2D eigenvalue weighted by Gasteiger charge is 2.29. The van der Waals surface area contributed by atoms with Crippen LogP contribution in [-0.4, -0.2) is 53.8 Å². The highest BCUT2D eigenvalue weighted by molar-refractivity contribution is 5.83. The van der Waals surface area contributed by atoms with Crippen LogP contribution >= 0.6 is 0 Å². The lowest BCUT2D eigenvalue weighted by Gasteiger charge is -2.36. The molecule has 0 saturated heterocycles. The van der Waals surface area contributed by atoms with Crippen molar-refractivity contribution in [3.8, 4) is 0 Å². The molecule has 0 bridgehead atoms. The van der Waals surface area contributed by atoms with Crippen LogP contribution in [0, 0.1) is 6.92 Å². The van der Waals surface area contributed by atoms with E-state index >= 15 is 0 Å². The molecule has 1 aromatic carbocycles. The van der Waals surface area contributed by atoms with Crippen molar-refractivity contribution < 1.29 is 9.90 Å². The summed E-state index contributed by atoms with van der Waals surface area (Å²) in [7, 11) is 0. The summed E-state index contributed by atoms with van der Waals surface area (Å²) in [5.74, 6) is 1.41. The van der Waals surface area contributed by atoms with Crippen LogP contribution in [0.25, 0.3) is 16.7 Å². The zero-order chi connectivity index (χ0) is 20.5. The van der Waals surface area contributed by atoms with E-state index in [0.717, 1.165) is 29.7 Å². The Hall–Kier alpha value is -2.90. The zero-order valence-corrected chi connectivity index (χ0v) is 17.1. The molecular weight excluding hydrogens is 356 g/mol. The number of fused-ring (bicyclic) bond motifs is 3. The molecule has 2 N–H and O–H groups in total. The molecule has 8 heteroatoms. The van der Waals surface area contributed by atoms with Crippen LogP contribution in [0.15, 0.2) is 24.3 Å². The van der Waals surface area contributed by atoms with E-state index in [1.165, 1.54) is 4.90 Å². The number of para-hydroxylation sites is 2. The fraction of sp³-hybridized carbons (Fsp3) is 0.500. The molecule has 3 aromatic rings. The number of amides is 1. The van der Waals surface area contributed by atoms with Gasteiger partial charge < -0.3 is 15.3 Å². The molecule has 0 saturated carbocycles. The van der Waals surface area contributed by atoms with E-state index in [1.54, 1.807) is 0 Å². The number of carboxylic acid groups (broad SMARTS) is 1. The second-order valence-electron chi connectivity index (χ2n) is 8.05. The summed E-state index contributed by atoms with van der Waals surface area (Å²) in [5.41, 5.74) is 1.94. The Morgan fingerprint density at radius 3 is 2.64 bits per heavy atom. The predicted octanol–water partition coefficient (Wildman–Crippen LogP) is 3.95. The number of aryl methyl sites for hydroxylation is 1. The van der Waals surface area contributed by atoms with Crippen molar-refractivity contribution in [2.75, 3.05) is 11.9 Å². The molecule has 0 aliphatic heterocycles. The minimum absolute atomic E-state index is 0.0882. The average molecular weight is 384 g/mol. The summed E-state index contributed by atoms with van der Waals surface area (Å²) in [4.78, 5) is 18.0. The Bertz CT molecular complexity index is 991. The van der Waals surface area contributed by atoms with Crippen LogP contribution in [0.2, 0.25) is 0 Å². The highest BCUT2D eigenvalue weighted by Crippen LogP contribution is 2.23. The van der Waals surface area contributed by atoms with Crippen molar-refractivity contribution in [2.45, 2.75) is 59.0 Å².